The minimum absolute atomic E-state index is 0.00159. The van der Waals surface area contributed by atoms with E-state index in [0.717, 1.165) is 10.1 Å². The quantitative estimate of drug-likeness (QED) is 0.657. The highest BCUT2D eigenvalue weighted by atomic mass is 32.1. The summed E-state index contributed by atoms with van der Waals surface area (Å²) in [7, 11) is 1.62. The van der Waals surface area contributed by atoms with Crippen LogP contribution in [0.2, 0.25) is 0 Å². The summed E-state index contributed by atoms with van der Waals surface area (Å²) in [5, 5.41) is 1.00. The van der Waals surface area contributed by atoms with Gasteiger partial charge in [-0.1, -0.05) is 6.08 Å². The van der Waals surface area contributed by atoms with Gasteiger partial charge in [-0.05, 0) is 29.7 Å². The molecule has 0 aliphatic rings. The van der Waals surface area contributed by atoms with Crippen LogP contribution in [0, 0.1) is 0 Å². The van der Waals surface area contributed by atoms with Crippen molar-refractivity contribution in [2.24, 2.45) is 0 Å². The molecule has 1 aromatic heterocycles. The first-order valence-electron chi connectivity index (χ1n) is 6.34. The molecule has 1 aromatic carbocycles. The fourth-order valence-electron chi connectivity index (χ4n) is 1.96. The molecule has 0 aliphatic heterocycles. The summed E-state index contributed by atoms with van der Waals surface area (Å²) < 4.78 is 6.10. The number of rotatable bonds is 6. The number of amides is 1. The summed E-state index contributed by atoms with van der Waals surface area (Å²) in [6, 6.07) is 7.57. The highest BCUT2D eigenvalue weighted by Gasteiger charge is 2.17. The van der Waals surface area contributed by atoms with Gasteiger partial charge in [0.15, 0.2) is 0 Å². The van der Waals surface area contributed by atoms with Crippen LogP contribution in [0.3, 0.4) is 0 Å². The molecule has 0 saturated carbocycles. The van der Waals surface area contributed by atoms with Gasteiger partial charge in [-0.25, -0.2) is 0 Å². The van der Waals surface area contributed by atoms with E-state index in [-0.39, 0.29) is 5.91 Å². The fraction of sp³-hybridized carbons (Fsp3) is 0.267. The lowest BCUT2D eigenvalue weighted by molar-refractivity contribution is 0.0723. The Morgan fingerprint density at radius 2 is 2.30 bits per heavy atom. The number of benzene rings is 1. The number of hydrogen-bond donors (Lipinski definition) is 1. The molecule has 1 heterocycles. The lowest BCUT2D eigenvalue weighted by Gasteiger charge is -2.19. The number of carbonyl (C=O) groups excluding carboxylic acids is 1. The van der Waals surface area contributed by atoms with Crippen LogP contribution in [-0.4, -0.2) is 37.6 Å². The van der Waals surface area contributed by atoms with Crippen LogP contribution in [0.4, 0.5) is 5.69 Å². The van der Waals surface area contributed by atoms with Gasteiger partial charge in [0, 0.05) is 30.6 Å². The number of hydrogen-bond acceptors (Lipinski definition) is 4. The minimum Gasteiger partial charge on any atom is -0.399 e. The number of nitrogens with two attached hydrogens (primary N) is 1. The first kappa shape index (κ1) is 14.6. The monoisotopic (exact) mass is 290 g/mol. The summed E-state index contributed by atoms with van der Waals surface area (Å²) in [5.74, 6) is 0.00159. The molecular weight excluding hydrogens is 272 g/mol. The lowest BCUT2D eigenvalue weighted by Crippen LogP contribution is -2.33. The topological polar surface area (TPSA) is 55.6 Å². The van der Waals surface area contributed by atoms with Crippen LogP contribution in [0.15, 0.2) is 36.9 Å². The number of nitrogens with zero attached hydrogens (tertiary/aromatic N) is 1. The third kappa shape index (κ3) is 3.18. The number of nitrogen functional groups attached to an aromatic ring is 1. The van der Waals surface area contributed by atoms with Crippen molar-refractivity contribution in [3.05, 3.63) is 41.8 Å². The second kappa shape index (κ2) is 6.54. The standard InChI is InChI=1S/C15H18N2O2S/c1-3-6-17(7-8-19-2)15(18)14-10-11-9-12(16)4-5-13(11)20-14/h3-5,9-10H,1,6-8,16H2,2H3. The third-order valence-electron chi connectivity index (χ3n) is 2.95. The maximum Gasteiger partial charge on any atom is 0.264 e. The highest BCUT2D eigenvalue weighted by molar-refractivity contribution is 7.20. The van der Waals surface area contributed by atoms with Gasteiger partial charge < -0.3 is 15.4 Å². The van der Waals surface area contributed by atoms with Crippen LogP contribution >= 0.6 is 11.3 Å². The van der Waals surface area contributed by atoms with Crippen LogP contribution in [-0.2, 0) is 4.74 Å². The number of methoxy groups -OCH3 is 1. The van der Waals surface area contributed by atoms with Crippen molar-refractivity contribution in [3.63, 3.8) is 0 Å². The number of ether oxygens (including phenoxy) is 1. The molecule has 2 rings (SSSR count). The molecular formula is C15H18N2O2S. The lowest BCUT2D eigenvalue weighted by atomic mass is 10.2. The van der Waals surface area contributed by atoms with Crippen molar-refractivity contribution in [1.29, 1.82) is 0 Å². The molecule has 0 saturated heterocycles. The molecule has 20 heavy (non-hydrogen) atoms. The van der Waals surface area contributed by atoms with E-state index in [1.165, 1.54) is 11.3 Å². The number of carbonyl (C=O) groups is 1. The van der Waals surface area contributed by atoms with E-state index in [9.17, 15) is 4.79 Å². The Kier molecular flexibility index (Phi) is 4.76. The Hall–Kier alpha value is -1.85. The zero-order valence-electron chi connectivity index (χ0n) is 11.5. The van der Waals surface area contributed by atoms with E-state index in [1.54, 1.807) is 18.1 Å². The maximum absolute atomic E-state index is 12.5. The van der Waals surface area contributed by atoms with Gasteiger partial charge in [-0.3, -0.25) is 4.79 Å². The second-order valence-corrected chi connectivity index (χ2v) is 5.52. The van der Waals surface area contributed by atoms with Crippen molar-refractivity contribution >= 4 is 33.0 Å². The Morgan fingerprint density at radius 3 is 3.00 bits per heavy atom. The number of anilines is 1. The molecule has 2 aromatic rings. The van der Waals surface area contributed by atoms with Gasteiger partial charge in [0.25, 0.3) is 5.91 Å². The molecule has 0 aliphatic carbocycles. The normalized spacial score (nSPS) is 10.7. The molecule has 106 valence electrons. The molecule has 0 atom stereocenters. The van der Waals surface area contributed by atoms with Crippen molar-refractivity contribution in [2.45, 2.75) is 0 Å². The molecule has 4 nitrogen and oxygen atoms in total. The summed E-state index contributed by atoms with van der Waals surface area (Å²) >= 11 is 1.48. The zero-order chi connectivity index (χ0) is 14.5. The third-order valence-corrected chi connectivity index (χ3v) is 4.06. The average Bonchev–Trinajstić information content (AvgIpc) is 2.85. The molecule has 0 unspecified atom stereocenters. The van der Waals surface area contributed by atoms with Gasteiger partial charge >= 0.3 is 0 Å². The molecule has 0 spiro atoms. The first-order chi connectivity index (χ1) is 9.65. The predicted molar refractivity (Wildman–Crippen MR) is 84.2 cm³/mol. The van der Waals surface area contributed by atoms with E-state index in [4.69, 9.17) is 10.5 Å². The summed E-state index contributed by atoms with van der Waals surface area (Å²) in [5.41, 5.74) is 6.47. The summed E-state index contributed by atoms with van der Waals surface area (Å²) in [6.45, 7) is 5.27. The first-order valence-corrected chi connectivity index (χ1v) is 7.15. The van der Waals surface area contributed by atoms with E-state index < -0.39 is 0 Å². The number of thiophene rings is 1. The Labute approximate surface area is 122 Å². The van der Waals surface area contributed by atoms with E-state index in [0.29, 0.717) is 30.3 Å². The zero-order valence-corrected chi connectivity index (χ0v) is 12.3. The van der Waals surface area contributed by atoms with E-state index >= 15 is 0 Å². The van der Waals surface area contributed by atoms with Gasteiger partial charge in [-0.15, -0.1) is 17.9 Å². The Morgan fingerprint density at radius 1 is 1.50 bits per heavy atom. The number of fused-ring (bicyclic) bond motifs is 1. The maximum atomic E-state index is 12.5. The Bertz CT molecular complexity index is 621. The summed E-state index contributed by atoms with van der Waals surface area (Å²) in [6.07, 6.45) is 1.72. The molecule has 5 heteroatoms. The predicted octanol–water partition coefficient (Wildman–Crippen LogP) is 2.76. The van der Waals surface area contributed by atoms with Gasteiger partial charge in [0.1, 0.15) is 0 Å². The van der Waals surface area contributed by atoms with Crippen molar-refractivity contribution < 1.29 is 9.53 Å². The van der Waals surface area contributed by atoms with Crippen molar-refractivity contribution in [2.75, 3.05) is 32.5 Å². The van der Waals surface area contributed by atoms with E-state index in [1.807, 2.05) is 24.3 Å². The van der Waals surface area contributed by atoms with Crippen LogP contribution < -0.4 is 5.73 Å². The van der Waals surface area contributed by atoms with Gasteiger partial charge in [0.05, 0.1) is 11.5 Å². The fourth-order valence-corrected chi connectivity index (χ4v) is 2.97. The van der Waals surface area contributed by atoms with Crippen LogP contribution in [0.5, 0.6) is 0 Å². The largest absolute Gasteiger partial charge is 0.399 e. The minimum atomic E-state index is 0.00159. The van der Waals surface area contributed by atoms with Gasteiger partial charge in [-0.2, -0.15) is 0 Å². The van der Waals surface area contributed by atoms with Crippen molar-refractivity contribution in [1.82, 2.24) is 4.90 Å². The molecule has 0 bridgehead atoms. The average molecular weight is 290 g/mol. The SMILES string of the molecule is C=CCN(CCOC)C(=O)c1cc2cc(N)ccc2s1. The molecule has 0 radical (unpaired) electrons. The Balaban J connectivity index is 2.25. The van der Waals surface area contributed by atoms with E-state index in [2.05, 4.69) is 6.58 Å². The van der Waals surface area contributed by atoms with Crippen LogP contribution in [0.1, 0.15) is 9.67 Å². The highest BCUT2D eigenvalue weighted by Crippen LogP contribution is 2.28. The molecule has 1 amide bonds. The molecule has 2 N–H and O–H groups in total. The summed E-state index contributed by atoms with van der Waals surface area (Å²) in [4.78, 5) is 14.9. The van der Waals surface area contributed by atoms with Gasteiger partial charge in [0.2, 0.25) is 0 Å². The van der Waals surface area contributed by atoms with Crippen molar-refractivity contribution in [3.8, 4) is 0 Å². The smallest absolute Gasteiger partial charge is 0.264 e. The van der Waals surface area contributed by atoms with Crippen LogP contribution in [0.25, 0.3) is 10.1 Å². The second-order valence-electron chi connectivity index (χ2n) is 4.44. The molecule has 0 fully saturated rings.